The molecule has 0 spiro atoms. The van der Waals surface area contributed by atoms with Crippen molar-refractivity contribution in [1.82, 2.24) is 4.90 Å². The second kappa shape index (κ2) is 7.14. The van der Waals surface area contributed by atoms with Gasteiger partial charge in [0.1, 0.15) is 6.04 Å². The molecule has 1 aromatic carbocycles. The molecule has 1 aliphatic rings. The standard InChI is InChI=1S/C17H22ClNO3/c1-11-6-7-19(15(8-11)17(21)22)16(20)12(2)9-13-4-3-5-14(18)10-13/h3-5,10-12,15H,6-9H2,1-2H3,(H,21,22). The molecule has 4 nitrogen and oxygen atoms in total. The maximum absolute atomic E-state index is 12.6. The van der Waals surface area contributed by atoms with Crippen molar-refractivity contribution < 1.29 is 14.7 Å². The Morgan fingerprint density at radius 1 is 1.45 bits per heavy atom. The van der Waals surface area contributed by atoms with E-state index in [-0.39, 0.29) is 11.8 Å². The quantitative estimate of drug-likeness (QED) is 0.925. The molecule has 0 saturated carbocycles. The fourth-order valence-electron chi connectivity index (χ4n) is 3.03. The molecule has 0 radical (unpaired) electrons. The van der Waals surface area contributed by atoms with Crippen molar-refractivity contribution in [2.45, 2.75) is 39.2 Å². The van der Waals surface area contributed by atoms with Gasteiger partial charge < -0.3 is 10.0 Å². The van der Waals surface area contributed by atoms with E-state index in [0.29, 0.717) is 30.3 Å². The SMILES string of the molecule is CC1CCN(C(=O)C(C)Cc2cccc(Cl)c2)C(C(=O)O)C1. The second-order valence-corrected chi connectivity index (χ2v) is 6.69. The topological polar surface area (TPSA) is 57.6 Å². The first kappa shape index (κ1) is 16.8. The van der Waals surface area contributed by atoms with E-state index in [1.165, 1.54) is 4.90 Å². The molecule has 1 aliphatic heterocycles. The molecule has 0 bridgehead atoms. The summed E-state index contributed by atoms with van der Waals surface area (Å²) in [6.07, 6.45) is 1.96. The van der Waals surface area contributed by atoms with Crippen LogP contribution in [-0.4, -0.2) is 34.5 Å². The maximum atomic E-state index is 12.6. The zero-order valence-electron chi connectivity index (χ0n) is 13.0. The first-order chi connectivity index (χ1) is 10.4. The highest BCUT2D eigenvalue weighted by molar-refractivity contribution is 6.30. The molecule has 22 heavy (non-hydrogen) atoms. The number of aliphatic carboxylic acids is 1. The van der Waals surface area contributed by atoms with E-state index < -0.39 is 12.0 Å². The van der Waals surface area contributed by atoms with Gasteiger partial charge in [-0.3, -0.25) is 4.79 Å². The van der Waals surface area contributed by atoms with Crippen LogP contribution >= 0.6 is 11.6 Å². The normalized spacial score (nSPS) is 23.1. The summed E-state index contributed by atoms with van der Waals surface area (Å²) in [5.74, 6) is -0.906. The number of carboxylic acids is 1. The number of carbonyl (C=O) groups excluding carboxylic acids is 1. The summed E-state index contributed by atoms with van der Waals surface area (Å²) >= 11 is 5.96. The summed E-state index contributed by atoms with van der Waals surface area (Å²) in [5, 5.41) is 10.0. The maximum Gasteiger partial charge on any atom is 0.326 e. The van der Waals surface area contributed by atoms with Crippen LogP contribution in [0.1, 0.15) is 32.3 Å². The number of piperidine rings is 1. The van der Waals surface area contributed by atoms with Gasteiger partial charge in [-0.05, 0) is 42.9 Å². The lowest BCUT2D eigenvalue weighted by molar-refractivity contribution is -0.154. The molecule has 3 atom stereocenters. The Balaban J connectivity index is 2.07. The van der Waals surface area contributed by atoms with Gasteiger partial charge in [-0.2, -0.15) is 0 Å². The summed E-state index contributed by atoms with van der Waals surface area (Å²) in [4.78, 5) is 25.6. The molecule has 0 aromatic heterocycles. The van der Waals surface area contributed by atoms with E-state index in [0.717, 1.165) is 12.0 Å². The van der Waals surface area contributed by atoms with Gasteiger partial charge in [0.15, 0.2) is 0 Å². The van der Waals surface area contributed by atoms with E-state index in [1.807, 2.05) is 32.0 Å². The van der Waals surface area contributed by atoms with Crippen LogP contribution < -0.4 is 0 Å². The molecule has 1 saturated heterocycles. The number of halogens is 1. The number of hydrogen-bond acceptors (Lipinski definition) is 2. The second-order valence-electron chi connectivity index (χ2n) is 6.25. The molecule has 3 unspecified atom stereocenters. The summed E-state index contributed by atoms with van der Waals surface area (Å²) in [7, 11) is 0. The van der Waals surface area contributed by atoms with E-state index in [1.54, 1.807) is 6.07 Å². The zero-order chi connectivity index (χ0) is 16.3. The first-order valence-electron chi connectivity index (χ1n) is 7.66. The zero-order valence-corrected chi connectivity index (χ0v) is 13.7. The predicted octanol–water partition coefficient (Wildman–Crippen LogP) is 3.23. The molecule has 0 aliphatic carbocycles. The Bertz CT molecular complexity index is 561. The number of carbonyl (C=O) groups is 2. The minimum atomic E-state index is -0.908. The van der Waals surface area contributed by atoms with Crippen molar-refractivity contribution in [2.24, 2.45) is 11.8 Å². The summed E-state index contributed by atoms with van der Waals surface area (Å²) in [6, 6.07) is 6.74. The number of likely N-dealkylation sites (tertiary alicyclic amines) is 1. The summed E-state index contributed by atoms with van der Waals surface area (Å²) in [5.41, 5.74) is 0.991. The van der Waals surface area contributed by atoms with Gasteiger partial charge in [-0.25, -0.2) is 4.79 Å². The van der Waals surface area contributed by atoms with Gasteiger partial charge >= 0.3 is 5.97 Å². The van der Waals surface area contributed by atoms with Crippen LogP contribution in [0.2, 0.25) is 5.02 Å². The lowest BCUT2D eigenvalue weighted by Crippen LogP contribution is -2.51. The Kier molecular flexibility index (Phi) is 5.46. The van der Waals surface area contributed by atoms with Crippen molar-refractivity contribution >= 4 is 23.5 Å². The van der Waals surface area contributed by atoms with Crippen LogP contribution in [0.5, 0.6) is 0 Å². The smallest absolute Gasteiger partial charge is 0.326 e. The van der Waals surface area contributed by atoms with Gasteiger partial charge in [0, 0.05) is 17.5 Å². The van der Waals surface area contributed by atoms with E-state index in [4.69, 9.17) is 11.6 Å². The lowest BCUT2D eigenvalue weighted by atomic mass is 9.90. The number of benzene rings is 1. The Hall–Kier alpha value is -1.55. The predicted molar refractivity (Wildman–Crippen MR) is 85.9 cm³/mol. The Morgan fingerprint density at radius 2 is 2.18 bits per heavy atom. The molecule has 1 N–H and O–H groups in total. The molecule has 120 valence electrons. The highest BCUT2D eigenvalue weighted by Gasteiger charge is 2.36. The molecular weight excluding hydrogens is 302 g/mol. The average Bonchev–Trinajstić information content (AvgIpc) is 2.46. The number of hydrogen-bond donors (Lipinski definition) is 1. The van der Waals surface area contributed by atoms with Crippen molar-refractivity contribution in [3.63, 3.8) is 0 Å². The average molecular weight is 324 g/mol. The third-order valence-electron chi connectivity index (χ3n) is 4.29. The minimum Gasteiger partial charge on any atom is -0.480 e. The number of rotatable bonds is 4. The first-order valence-corrected chi connectivity index (χ1v) is 8.04. The number of nitrogens with zero attached hydrogens (tertiary/aromatic N) is 1. The molecule has 1 heterocycles. The van der Waals surface area contributed by atoms with Crippen LogP contribution in [-0.2, 0) is 16.0 Å². The molecule has 1 aromatic rings. The summed E-state index contributed by atoms with van der Waals surface area (Å²) < 4.78 is 0. The van der Waals surface area contributed by atoms with Crippen LogP contribution in [0, 0.1) is 11.8 Å². The fraction of sp³-hybridized carbons (Fsp3) is 0.529. The van der Waals surface area contributed by atoms with Crippen LogP contribution in [0.3, 0.4) is 0 Å². The van der Waals surface area contributed by atoms with Crippen LogP contribution in [0.15, 0.2) is 24.3 Å². The highest BCUT2D eigenvalue weighted by atomic mass is 35.5. The van der Waals surface area contributed by atoms with Crippen LogP contribution in [0.4, 0.5) is 0 Å². The van der Waals surface area contributed by atoms with Gasteiger partial charge in [0.05, 0.1) is 0 Å². The van der Waals surface area contributed by atoms with Gasteiger partial charge in [-0.1, -0.05) is 37.6 Å². The van der Waals surface area contributed by atoms with Crippen molar-refractivity contribution in [2.75, 3.05) is 6.54 Å². The number of amides is 1. The van der Waals surface area contributed by atoms with Gasteiger partial charge in [0.25, 0.3) is 0 Å². The van der Waals surface area contributed by atoms with Crippen molar-refractivity contribution in [1.29, 1.82) is 0 Å². The molecule has 5 heteroatoms. The van der Waals surface area contributed by atoms with E-state index in [2.05, 4.69) is 0 Å². The molecule has 2 rings (SSSR count). The van der Waals surface area contributed by atoms with Crippen molar-refractivity contribution in [3.05, 3.63) is 34.9 Å². The van der Waals surface area contributed by atoms with Gasteiger partial charge in [-0.15, -0.1) is 0 Å². The third-order valence-corrected chi connectivity index (χ3v) is 4.52. The minimum absolute atomic E-state index is 0.0840. The lowest BCUT2D eigenvalue weighted by Gasteiger charge is -2.37. The van der Waals surface area contributed by atoms with Crippen LogP contribution in [0.25, 0.3) is 0 Å². The highest BCUT2D eigenvalue weighted by Crippen LogP contribution is 2.25. The monoisotopic (exact) mass is 323 g/mol. The van der Waals surface area contributed by atoms with Crippen molar-refractivity contribution in [3.8, 4) is 0 Å². The number of carboxylic acid groups (broad SMARTS) is 1. The molecule has 1 amide bonds. The third kappa shape index (κ3) is 4.01. The Labute approximate surface area is 136 Å². The van der Waals surface area contributed by atoms with E-state index in [9.17, 15) is 14.7 Å². The largest absolute Gasteiger partial charge is 0.480 e. The summed E-state index contributed by atoms with van der Waals surface area (Å²) in [6.45, 7) is 4.41. The van der Waals surface area contributed by atoms with Gasteiger partial charge in [0.2, 0.25) is 5.91 Å². The Morgan fingerprint density at radius 3 is 2.82 bits per heavy atom. The fourth-order valence-corrected chi connectivity index (χ4v) is 3.24. The van der Waals surface area contributed by atoms with E-state index >= 15 is 0 Å². The molecular formula is C17H22ClNO3. The molecule has 1 fully saturated rings.